The van der Waals surface area contributed by atoms with Gasteiger partial charge in [0.1, 0.15) is 18.1 Å². The molecule has 5 rings (SSSR count). The molecule has 0 bridgehead atoms. The van der Waals surface area contributed by atoms with Crippen molar-refractivity contribution >= 4 is 68.9 Å². The quantitative estimate of drug-likeness (QED) is 0.0530. The molecular formula is C29H21Cl2N3O4S2. The zero-order chi connectivity index (χ0) is 28.2. The minimum absolute atomic E-state index is 0.0753. The molecule has 11 heteroatoms. The fourth-order valence-corrected chi connectivity index (χ4v) is 6.43. The van der Waals surface area contributed by atoms with Gasteiger partial charge in [0, 0.05) is 21.4 Å². The Morgan fingerprint density at radius 3 is 2.60 bits per heavy atom. The van der Waals surface area contributed by atoms with Gasteiger partial charge in [0.2, 0.25) is 5.13 Å². The lowest BCUT2D eigenvalue weighted by atomic mass is 9.95. The average Bonchev–Trinajstić information content (AvgIpc) is 3.53. The Morgan fingerprint density at radius 2 is 1.85 bits per heavy atom. The zero-order valence-corrected chi connectivity index (χ0v) is 23.9. The standard InChI is InChI=1S/C29H21Cl2N3O4S2/c1-2-14-38-21-8-5-7-18(15-21)24-23(25(35)17-10-12-20(30)13-11-17)26(36)27(37)34(24)28-32-33-29(40-28)39-16-19-6-3-4-9-22(19)31/h2-13,15,24,35H,1,14,16H2. The highest BCUT2D eigenvalue weighted by Crippen LogP contribution is 2.44. The second-order valence-corrected chi connectivity index (χ2v) is 11.6. The highest BCUT2D eigenvalue weighted by atomic mass is 35.5. The molecule has 1 aromatic heterocycles. The first-order valence-corrected chi connectivity index (χ1v) is 14.5. The summed E-state index contributed by atoms with van der Waals surface area (Å²) in [5, 5.41) is 21.1. The second kappa shape index (κ2) is 12.3. The van der Waals surface area contributed by atoms with Gasteiger partial charge in [0.15, 0.2) is 4.34 Å². The summed E-state index contributed by atoms with van der Waals surface area (Å²) in [6.45, 7) is 3.94. The number of carbonyl (C=O) groups excluding carboxylic acids is 2. The molecule has 1 aliphatic rings. The van der Waals surface area contributed by atoms with Crippen molar-refractivity contribution in [1.29, 1.82) is 0 Å². The van der Waals surface area contributed by atoms with Crippen LogP contribution in [0.2, 0.25) is 10.0 Å². The van der Waals surface area contributed by atoms with E-state index in [0.717, 1.165) is 5.56 Å². The van der Waals surface area contributed by atoms with Crippen LogP contribution in [0.25, 0.3) is 5.76 Å². The second-order valence-electron chi connectivity index (χ2n) is 8.58. The van der Waals surface area contributed by atoms with Crippen molar-refractivity contribution in [2.24, 2.45) is 0 Å². The van der Waals surface area contributed by atoms with Gasteiger partial charge in [-0.05, 0) is 53.6 Å². The summed E-state index contributed by atoms with van der Waals surface area (Å²) >= 11 is 14.9. The van der Waals surface area contributed by atoms with Crippen molar-refractivity contribution < 1.29 is 19.4 Å². The number of Topliss-reactive ketones (excluding diaryl/α,β-unsaturated/α-hetero) is 1. The van der Waals surface area contributed by atoms with E-state index in [0.29, 0.717) is 37.0 Å². The van der Waals surface area contributed by atoms with E-state index in [-0.39, 0.29) is 23.1 Å². The van der Waals surface area contributed by atoms with Crippen LogP contribution in [0.5, 0.6) is 5.75 Å². The first-order valence-electron chi connectivity index (χ1n) is 12.0. The third kappa shape index (κ3) is 5.78. The van der Waals surface area contributed by atoms with E-state index in [1.165, 1.54) is 28.0 Å². The van der Waals surface area contributed by atoms with Crippen molar-refractivity contribution in [3.8, 4) is 5.75 Å². The van der Waals surface area contributed by atoms with Crippen molar-refractivity contribution in [3.05, 3.63) is 118 Å². The van der Waals surface area contributed by atoms with Gasteiger partial charge in [-0.1, -0.05) is 89.3 Å². The maximum absolute atomic E-state index is 13.5. The Balaban J connectivity index is 1.56. The molecule has 4 aromatic rings. The van der Waals surface area contributed by atoms with Gasteiger partial charge < -0.3 is 9.84 Å². The van der Waals surface area contributed by atoms with E-state index in [9.17, 15) is 14.7 Å². The minimum Gasteiger partial charge on any atom is -0.507 e. The lowest BCUT2D eigenvalue weighted by molar-refractivity contribution is -0.132. The van der Waals surface area contributed by atoms with E-state index < -0.39 is 17.7 Å². The summed E-state index contributed by atoms with van der Waals surface area (Å²) in [5.74, 6) is -0.914. The molecule has 1 atom stereocenters. The maximum atomic E-state index is 13.5. The summed E-state index contributed by atoms with van der Waals surface area (Å²) in [6.07, 6.45) is 1.61. The van der Waals surface area contributed by atoms with Gasteiger partial charge in [-0.3, -0.25) is 14.5 Å². The number of rotatable bonds is 9. The van der Waals surface area contributed by atoms with Crippen LogP contribution in [0.15, 0.2) is 95.4 Å². The summed E-state index contributed by atoms with van der Waals surface area (Å²) in [7, 11) is 0. The number of hydrogen-bond acceptors (Lipinski definition) is 8. The van der Waals surface area contributed by atoms with E-state index in [1.54, 1.807) is 54.6 Å². The molecule has 1 saturated heterocycles. The van der Waals surface area contributed by atoms with Gasteiger partial charge >= 0.3 is 5.91 Å². The van der Waals surface area contributed by atoms with Gasteiger partial charge in [-0.15, -0.1) is 10.2 Å². The predicted molar refractivity (Wildman–Crippen MR) is 159 cm³/mol. The van der Waals surface area contributed by atoms with Crippen LogP contribution in [-0.4, -0.2) is 33.6 Å². The van der Waals surface area contributed by atoms with Gasteiger partial charge in [-0.25, -0.2) is 0 Å². The zero-order valence-electron chi connectivity index (χ0n) is 20.8. The Labute approximate surface area is 248 Å². The van der Waals surface area contributed by atoms with Gasteiger partial charge in [0.25, 0.3) is 5.78 Å². The lowest BCUT2D eigenvalue weighted by Crippen LogP contribution is -2.29. The molecule has 1 unspecified atom stereocenters. The monoisotopic (exact) mass is 609 g/mol. The molecule has 7 nitrogen and oxygen atoms in total. The Hall–Kier alpha value is -3.63. The third-order valence-electron chi connectivity index (χ3n) is 6.01. The molecule has 40 heavy (non-hydrogen) atoms. The Kier molecular flexibility index (Phi) is 8.56. The third-order valence-corrected chi connectivity index (χ3v) is 8.74. The SMILES string of the molecule is C=CCOc1cccc(C2C(=C(O)c3ccc(Cl)cc3)C(=O)C(=O)N2c2nnc(SCc3ccccc3Cl)s2)c1. The van der Waals surface area contributed by atoms with E-state index in [2.05, 4.69) is 16.8 Å². The number of aromatic nitrogens is 2. The first kappa shape index (κ1) is 27.9. The summed E-state index contributed by atoms with van der Waals surface area (Å²) < 4.78 is 6.29. The molecule has 202 valence electrons. The summed E-state index contributed by atoms with van der Waals surface area (Å²) in [5.41, 5.74) is 1.76. The summed E-state index contributed by atoms with van der Waals surface area (Å²) in [4.78, 5) is 28.2. The molecule has 0 saturated carbocycles. The van der Waals surface area contributed by atoms with E-state index in [4.69, 9.17) is 27.9 Å². The molecule has 1 amide bonds. The van der Waals surface area contributed by atoms with Crippen LogP contribution in [0.4, 0.5) is 5.13 Å². The number of amides is 1. The number of benzene rings is 3. The highest BCUT2D eigenvalue weighted by Gasteiger charge is 2.48. The van der Waals surface area contributed by atoms with E-state index >= 15 is 0 Å². The molecule has 1 aliphatic heterocycles. The van der Waals surface area contributed by atoms with Gasteiger partial charge in [0.05, 0.1) is 11.6 Å². The Morgan fingerprint density at radius 1 is 1.07 bits per heavy atom. The molecular weight excluding hydrogens is 589 g/mol. The van der Waals surface area contributed by atoms with Crippen LogP contribution < -0.4 is 9.64 Å². The molecule has 0 aliphatic carbocycles. The van der Waals surface area contributed by atoms with E-state index in [1.807, 2.05) is 24.3 Å². The lowest BCUT2D eigenvalue weighted by Gasteiger charge is -2.23. The number of thioether (sulfide) groups is 1. The fourth-order valence-electron chi connectivity index (χ4n) is 4.15. The average molecular weight is 611 g/mol. The predicted octanol–water partition coefficient (Wildman–Crippen LogP) is 7.33. The van der Waals surface area contributed by atoms with Crippen LogP contribution in [0, 0.1) is 0 Å². The molecule has 3 aromatic carbocycles. The van der Waals surface area contributed by atoms with Crippen LogP contribution in [0.3, 0.4) is 0 Å². The van der Waals surface area contributed by atoms with Crippen LogP contribution in [-0.2, 0) is 15.3 Å². The maximum Gasteiger partial charge on any atom is 0.301 e. The molecule has 2 heterocycles. The van der Waals surface area contributed by atoms with Crippen LogP contribution >= 0.6 is 46.3 Å². The molecule has 1 fully saturated rings. The van der Waals surface area contributed by atoms with Crippen molar-refractivity contribution in [1.82, 2.24) is 10.2 Å². The number of halogens is 2. The number of carbonyl (C=O) groups is 2. The fraction of sp³-hybridized carbons (Fsp3) is 0.103. The normalized spacial score (nSPS) is 16.4. The molecule has 0 radical (unpaired) electrons. The number of aliphatic hydroxyl groups excluding tert-OH is 1. The number of ketones is 1. The van der Waals surface area contributed by atoms with Crippen LogP contribution in [0.1, 0.15) is 22.7 Å². The number of nitrogens with zero attached hydrogens (tertiary/aromatic N) is 3. The molecule has 1 N–H and O–H groups in total. The summed E-state index contributed by atoms with van der Waals surface area (Å²) in [6, 6.07) is 19.9. The number of aliphatic hydroxyl groups is 1. The number of hydrogen-bond donors (Lipinski definition) is 1. The van der Waals surface area contributed by atoms with Crippen molar-refractivity contribution in [2.45, 2.75) is 16.1 Å². The van der Waals surface area contributed by atoms with Gasteiger partial charge in [-0.2, -0.15) is 0 Å². The topological polar surface area (TPSA) is 92.6 Å². The Bertz CT molecular complexity index is 1620. The van der Waals surface area contributed by atoms with Crippen molar-refractivity contribution in [2.75, 3.05) is 11.5 Å². The highest BCUT2D eigenvalue weighted by molar-refractivity contribution is 8.00. The first-order chi connectivity index (χ1) is 19.4. The minimum atomic E-state index is -0.975. The smallest absolute Gasteiger partial charge is 0.301 e. The van der Waals surface area contributed by atoms with Crippen molar-refractivity contribution in [3.63, 3.8) is 0 Å². The largest absolute Gasteiger partial charge is 0.507 e. The molecule has 0 spiro atoms. The number of anilines is 1. The number of ether oxygens (including phenoxy) is 1.